The Balaban J connectivity index is 1.51. The first-order valence-electron chi connectivity index (χ1n) is 10.2. The molecule has 0 unspecified atom stereocenters. The molecule has 0 saturated heterocycles. The lowest BCUT2D eigenvalue weighted by Gasteiger charge is -2.07. The van der Waals surface area contributed by atoms with Gasteiger partial charge in [0.2, 0.25) is 0 Å². The van der Waals surface area contributed by atoms with Gasteiger partial charge in [0, 0.05) is 16.5 Å². The molecule has 5 heteroatoms. The maximum Gasteiger partial charge on any atom is 0.263 e. The van der Waals surface area contributed by atoms with E-state index in [2.05, 4.69) is 24.0 Å². The highest BCUT2D eigenvalue weighted by atomic mass is 32.1. The van der Waals surface area contributed by atoms with Crippen molar-refractivity contribution in [2.75, 3.05) is 0 Å². The minimum Gasteiger partial charge on any atom is -0.292 e. The molecule has 0 saturated carbocycles. The molecular formula is C26H20N2O2S. The predicted molar refractivity (Wildman–Crippen MR) is 127 cm³/mol. The maximum atomic E-state index is 13.3. The summed E-state index contributed by atoms with van der Waals surface area (Å²) in [6, 6.07) is 21.8. The highest BCUT2D eigenvalue weighted by molar-refractivity contribution is 7.17. The Labute approximate surface area is 183 Å². The zero-order valence-electron chi connectivity index (χ0n) is 17.0. The third-order valence-corrected chi connectivity index (χ3v) is 6.51. The number of fused-ring (bicyclic) bond motifs is 2. The van der Waals surface area contributed by atoms with E-state index in [0.29, 0.717) is 15.8 Å². The second-order valence-corrected chi connectivity index (χ2v) is 8.40. The first kappa shape index (κ1) is 19.4. The number of hydrogen-bond donors (Lipinski definition) is 0. The SMILES string of the molecule is CCc1ccc(-c2csc3ncn(CC(=O)c4ccc5ccccc5c4)c(=O)c23)cc1. The second-order valence-electron chi connectivity index (χ2n) is 7.54. The zero-order valence-corrected chi connectivity index (χ0v) is 17.9. The van der Waals surface area contributed by atoms with Gasteiger partial charge in [-0.2, -0.15) is 0 Å². The van der Waals surface area contributed by atoms with Gasteiger partial charge in [-0.05, 0) is 34.4 Å². The smallest absolute Gasteiger partial charge is 0.263 e. The second kappa shape index (κ2) is 7.93. The number of Topliss-reactive ketones (excluding diaryl/α,β-unsaturated/α-hetero) is 1. The van der Waals surface area contributed by atoms with Gasteiger partial charge >= 0.3 is 0 Å². The van der Waals surface area contributed by atoms with E-state index in [0.717, 1.165) is 28.3 Å². The fourth-order valence-electron chi connectivity index (χ4n) is 3.82. The molecule has 3 aromatic carbocycles. The number of carbonyl (C=O) groups excluding carboxylic acids is 1. The van der Waals surface area contributed by atoms with Crippen LogP contribution in [0.5, 0.6) is 0 Å². The van der Waals surface area contributed by atoms with Gasteiger partial charge in [-0.3, -0.25) is 14.2 Å². The Morgan fingerprint density at radius 2 is 1.77 bits per heavy atom. The van der Waals surface area contributed by atoms with E-state index in [1.165, 1.54) is 27.8 Å². The van der Waals surface area contributed by atoms with Crippen LogP contribution in [0.3, 0.4) is 0 Å². The number of thiophene rings is 1. The summed E-state index contributed by atoms with van der Waals surface area (Å²) in [5.74, 6) is -0.113. The van der Waals surface area contributed by atoms with Crippen LogP contribution in [0.1, 0.15) is 22.8 Å². The van der Waals surface area contributed by atoms with Crippen LogP contribution in [0.25, 0.3) is 32.1 Å². The summed E-state index contributed by atoms with van der Waals surface area (Å²) >= 11 is 1.45. The van der Waals surface area contributed by atoms with Crippen molar-refractivity contribution in [1.82, 2.24) is 9.55 Å². The van der Waals surface area contributed by atoms with Gasteiger partial charge in [-0.1, -0.05) is 67.6 Å². The molecule has 0 aliphatic carbocycles. The van der Waals surface area contributed by atoms with Gasteiger partial charge < -0.3 is 0 Å². The van der Waals surface area contributed by atoms with Crippen molar-refractivity contribution in [2.24, 2.45) is 0 Å². The average molecular weight is 425 g/mol. The Bertz CT molecular complexity index is 1480. The maximum absolute atomic E-state index is 13.3. The lowest BCUT2D eigenvalue weighted by Crippen LogP contribution is -2.24. The van der Waals surface area contributed by atoms with Crippen molar-refractivity contribution in [3.8, 4) is 11.1 Å². The van der Waals surface area contributed by atoms with Gasteiger partial charge in [0.25, 0.3) is 5.56 Å². The molecule has 152 valence electrons. The summed E-state index contributed by atoms with van der Waals surface area (Å²) in [4.78, 5) is 31.3. The summed E-state index contributed by atoms with van der Waals surface area (Å²) in [7, 11) is 0. The average Bonchev–Trinajstić information content (AvgIpc) is 3.25. The van der Waals surface area contributed by atoms with Gasteiger partial charge in [-0.25, -0.2) is 4.98 Å². The van der Waals surface area contributed by atoms with Gasteiger partial charge in [0.15, 0.2) is 5.78 Å². The molecule has 0 fully saturated rings. The Morgan fingerprint density at radius 1 is 1.00 bits per heavy atom. The number of aromatic nitrogens is 2. The molecule has 0 spiro atoms. The number of nitrogens with zero attached hydrogens (tertiary/aromatic N) is 2. The van der Waals surface area contributed by atoms with E-state index < -0.39 is 0 Å². The van der Waals surface area contributed by atoms with Crippen LogP contribution in [0.4, 0.5) is 0 Å². The Hall–Kier alpha value is -3.57. The van der Waals surface area contributed by atoms with Crippen molar-refractivity contribution in [1.29, 1.82) is 0 Å². The molecule has 0 amide bonds. The summed E-state index contributed by atoms with van der Waals surface area (Å²) in [5, 5.41) is 4.62. The molecule has 2 aromatic heterocycles. The van der Waals surface area contributed by atoms with E-state index in [-0.39, 0.29) is 17.9 Å². The molecule has 0 radical (unpaired) electrons. The van der Waals surface area contributed by atoms with Crippen LogP contribution in [-0.4, -0.2) is 15.3 Å². The lowest BCUT2D eigenvalue weighted by molar-refractivity contribution is 0.0971. The predicted octanol–water partition coefficient (Wildman–Crippen LogP) is 5.72. The van der Waals surface area contributed by atoms with Gasteiger partial charge in [0.1, 0.15) is 4.83 Å². The van der Waals surface area contributed by atoms with Crippen LogP contribution in [0, 0.1) is 0 Å². The molecule has 0 bridgehead atoms. The van der Waals surface area contributed by atoms with Gasteiger partial charge in [-0.15, -0.1) is 11.3 Å². The number of aryl methyl sites for hydroxylation is 1. The van der Waals surface area contributed by atoms with Crippen molar-refractivity contribution >= 4 is 38.1 Å². The molecule has 31 heavy (non-hydrogen) atoms. The van der Waals surface area contributed by atoms with Crippen LogP contribution < -0.4 is 5.56 Å². The summed E-state index contributed by atoms with van der Waals surface area (Å²) in [6.45, 7) is 2.08. The normalized spacial score (nSPS) is 11.3. The first-order valence-corrected chi connectivity index (χ1v) is 11.1. The molecule has 5 rings (SSSR count). The van der Waals surface area contributed by atoms with Crippen LogP contribution in [-0.2, 0) is 13.0 Å². The Kier molecular flexibility index (Phi) is 4.96. The summed E-state index contributed by atoms with van der Waals surface area (Å²) in [6.07, 6.45) is 2.44. The van der Waals surface area contributed by atoms with Crippen LogP contribution >= 0.6 is 11.3 Å². The summed E-state index contributed by atoms with van der Waals surface area (Å²) in [5.41, 5.74) is 3.51. The third kappa shape index (κ3) is 3.57. The number of carbonyl (C=O) groups is 1. The summed E-state index contributed by atoms with van der Waals surface area (Å²) < 4.78 is 1.41. The first-order chi connectivity index (χ1) is 15.1. The van der Waals surface area contributed by atoms with E-state index in [9.17, 15) is 9.59 Å². The number of hydrogen-bond acceptors (Lipinski definition) is 4. The highest BCUT2D eigenvalue weighted by Gasteiger charge is 2.15. The molecular weight excluding hydrogens is 404 g/mol. The third-order valence-electron chi connectivity index (χ3n) is 5.62. The topological polar surface area (TPSA) is 52.0 Å². The molecule has 0 aliphatic heterocycles. The fourth-order valence-corrected chi connectivity index (χ4v) is 4.73. The zero-order chi connectivity index (χ0) is 21.4. The minimum absolute atomic E-state index is 0.0375. The van der Waals surface area contributed by atoms with Crippen LogP contribution in [0.15, 0.2) is 83.2 Å². The number of ketones is 1. The van der Waals surface area contributed by atoms with Crippen molar-refractivity contribution in [2.45, 2.75) is 19.9 Å². The number of rotatable bonds is 5. The molecule has 0 aliphatic rings. The van der Waals surface area contributed by atoms with Gasteiger partial charge in [0.05, 0.1) is 18.3 Å². The monoisotopic (exact) mass is 424 g/mol. The molecule has 5 aromatic rings. The van der Waals surface area contributed by atoms with Crippen molar-refractivity contribution in [3.63, 3.8) is 0 Å². The van der Waals surface area contributed by atoms with E-state index in [1.807, 2.05) is 60.0 Å². The lowest BCUT2D eigenvalue weighted by atomic mass is 10.0. The number of benzene rings is 3. The molecule has 2 heterocycles. The van der Waals surface area contributed by atoms with E-state index >= 15 is 0 Å². The molecule has 4 nitrogen and oxygen atoms in total. The molecule has 0 atom stereocenters. The quantitative estimate of drug-likeness (QED) is 0.339. The largest absolute Gasteiger partial charge is 0.292 e. The van der Waals surface area contributed by atoms with Crippen molar-refractivity contribution < 1.29 is 4.79 Å². The highest BCUT2D eigenvalue weighted by Crippen LogP contribution is 2.30. The van der Waals surface area contributed by atoms with E-state index in [1.54, 1.807) is 0 Å². The fraction of sp³-hybridized carbons (Fsp3) is 0.115. The van der Waals surface area contributed by atoms with E-state index in [4.69, 9.17) is 0 Å². The molecule has 0 N–H and O–H groups in total. The Morgan fingerprint density at radius 3 is 2.55 bits per heavy atom. The van der Waals surface area contributed by atoms with Crippen molar-refractivity contribution in [3.05, 3.63) is 99.9 Å². The minimum atomic E-state index is -0.185. The standard InChI is InChI=1S/C26H20N2O2S/c1-2-17-7-9-19(10-8-17)22-15-31-25-24(22)26(30)28(16-27-25)14-23(29)21-12-11-18-5-3-4-6-20(18)13-21/h3-13,15-16H,2,14H2,1H3. The van der Waals surface area contributed by atoms with Crippen LogP contribution in [0.2, 0.25) is 0 Å².